The predicted molar refractivity (Wildman–Crippen MR) is 86.5 cm³/mol. The van der Waals surface area contributed by atoms with Crippen molar-refractivity contribution >= 4 is 5.91 Å². The van der Waals surface area contributed by atoms with E-state index in [4.69, 9.17) is 14.7 Å². The van der Waals surface area contributed by atoms with Crippen LogP contribution in [0.1, 0.15) is 28.4 Å². The van der Waals surface area contributed by atoms with Gasteiger partial charge in [-0.15, -0.1) is 0 Å². The molecule has 0 aromatic heterocycles. The largest absolute Gasteiger partial charge is 0.493 e. The highest BCUT2D eigenvalue weighted by molar-refractivity contribution is 5.94. The van der Waals surface area contributed by atoms with Crippen LogP contribution in [0.2, 0.25) is 0 Å². The van der Waals surface area contributed by atoms with E-state index >= 15 is 0 Å². The lowest BCUT2D eigenvalue weighted by atomic mass is 10.1. The van der Waals surface area contributed by atoms with Gasteiger partial charge in [0.05, 0.1) is 25.3 Å². The smallest absolute Gasteiger partial charge is 0.251 e. The van der Waals surface area contributed by atoms with Crippen molar-refractivity contribution in [3.8, 4) is 17.6 Å². The Morgan fingerprint density at radius 1 is 1.22 bits per heavy atom. The molecular formula is C18H18N2O3. The van der Waals surface area contributed by atoms with Crippen molar-refractivity contribution in [2.24, 2.45) is 0 Å². The molecule has 0 atom stereocenters. The SMILES string of the molecule is CCOc1cc(C(=O)NCc2cccc(C#N)c2)ccc1OC. The van der Waals surface area contributed by atoms with E-state index in [9.17, 15) is 4.79 Å². The first-order valence-corrected chi connectivity index (χ1v) is 7.26. The number of nitriles is 1. The second-order valence-electron chi connectivity index (χ2n) is 4.79. The molecular weight excluding hydrogens is 292 g/mol. The third kappa shape index (κ3) is 4.24. The number of nitrogens with one attached hydrogen (secondary N) is 1. The Morgan fingerprint density at radius 2 is 2.04 bits per heavy atom. The van der Waals surface area contributed by atoms with Crippen molar-refractivity contribution in [1.82, 2.24) is 5.32 Å². The van der Waals surface area contributed by atoms with Crippen molar-refractivity contribution in [1.29, 1.82) is 5.26 Å². The minimum absolute atomic E-state index is 0.212. The van der Waals surface area contributed by atoms with Crippen LogP contribution in [0.15, 0.2) is 42.5 Å². The van der Waals surface area contributed by atoms with Gasteiger partial charge in [-0.1, -0.05) is 12.1 Å². The zero-order chi connectivity index (χ0) is 16.7. The van der Waals surface area contributed by atoms with Crippen LogP contribution < -0.4 is 14.8 Å². The van der Waals surface area contributed by atoms with Crippen LogP contribution in [-0.2, 0) is 6.54 Å². The summed E-state index contributed by atoms with van der Waals surface area (Å²) in [5, 5.41) is 11.7. The molecule has 2 aromatic rings. The fourth-order valence-corrected chi connectivity index (χ4v) is 2.12. The molecule has 0 aliphatic heterocycles. The molecule has 0 bridgehead atoms. The molecule has 5 heteroatoms. The highest BCUT2D eigenvalue weighted by Gasteiger charge is 2.11. The fraction of sp³-hybridized carbons (Fsp3) is 0.222. The maximum atomic E-state index is 12.3. The Bertz CT molecular complexity index is 735. The van der Waals surface area contributed by atoms with E-state index in [1.807, 2.05) is 13.0 Å². The molecule has 0 saturated carbocycles. The van der Waals surface area contributed by atoms with Crippen molar-refractivity contribution in [3.63, 3.8) is 0 Å². The normalized spacial score (nSPS) is 9.78. The van der Waals surface area contributed by atoms with Crippen molar-refractivity contribution in [2.75, 3.05) is 13.7 Å². The summed E-state index contributed by atoms with van der Waals surface area (Å²) in [6.45, 7) is 2.71. The third-order valence-corrected chi connectivity index (χ3v) is 3.23. The van der Waals surface area contributed by atoms with E-state index < -0.39 is 0 Å². The molecule has 0 unspecified atom stereocenters. The van der Waals surface area contributed by atoms with Gasteiger partial charge in [0, 0.05) is 12.1 Å². The lowest BCUT2D eigenvalue weighted by Gasteiger charge is -2.11. The van der Waals surface area contributed by atoms with Gasteiger partial charge in [-0.3, -0.25) is 4.79 Å². The van der Waals surface area contributed by atoms with Crippen molar-refractivity contribution in [2.45, 2.75) is 13.5 Å². The van der Waals surface area contributed by atoms with E-state index in [1.54, 1.807) is 43.5 Å². The summed E-state index contributed by atoms with van der Waals surface area (Å²) in [5.41, 5.74) is 1.93. The minimum atomic E-state index is -0.212. The molecule has 0 fully saturated rings. The molecule has 0 radical (unpaired) electrons. The molecule has 0 saturated heterocycles. The summed E-state index contributed by atoms with van der Waals surface area (Å²) in [5.74, 6) is 0.912. The maximum absolute atomic E-state index is 12.3. The van der Waals surface area contributed by atoms with Crippen LogP contribution in [0.3, 0.4) is 0 Å². The molecule has 0 heterocycles. The Labute approximate surface area is 135 Å². The van der Waals surface area contributed by atoms with Gasteiger partial charge < -0.3 is 14.8 Å². The molecule has 2 rings (SSSR count). The second-order valence-corrected chi connectivity index (χ2v) is 4.79. The number of nitrogens with zero attached hydrogens (tertiary/aromatic N) is 1. The average molecular weight is 310 g/mol. The Hall–Kier alpha value is -3.00. The van der Waals surface area contributed by atoms with Crippen LogP contribution in [0.5, 0.6) is 11.5 Å². The molecule has 0 spiro atoms. The van der Waals surface area contributed by atoms with Crippen LogP contribution in [0, 0.1) is 11.3 Å². The van der Waals surface area contributed by atoms with Crippen LogP contribution >= 0.6 is 0 Å². The van der Waals surface area contributed by atoms with Gasteiger partial charge >= 0.3 is 0 Å². The van der Waals surface area contributed by atoms with Crippen LogP contribution in [0.4, 0.5) is 0 Å². The molecule has 2 aromatic carbocycles. The van der Waals surface area contributed by atoms with Crippen molar-refractivity contribution < 1.29 is 14.3 Å². The van der Waals surface area contributed by atoms with Gasteiger partial charge in [0.1, 0.15) is 0 Å². The number of rotatable bonds is 6. The molecule has 5 nitrogen and oxygen atoms in total. The highest BCUT2D eigenvalue weighted by Crippen LogP contribution is 2.28. The number of carbonyl (C=O) groups excluding carboxylic acids is 1. The molecule has 118 valence electrons. The van der Waals surface area contributed by atoms with Gasteiger partial charge in [-0.2, -0.15) is 5.26 Å². The summed E-state index contributed by atoms with van der Waals surface area (Å²) >= 11 is 0. The van der Waals surface area contributed by atoms with Crippen molar-refractivity contribution in [3.05, 3.63) is 59.2 Å². The molecule has 1 amide bonds. The Morgan fingerprint density at radius 3 is 2.74 bits per heavy atom. The van der Waals surface area contributed by atoms with E-state index in [1.165, 1.54) is 0 Å². The lowest BCUT2D eigenvalue weighted by Crippen LogP contribution is -2.22. The van der Waals surface area contributed by atoms with Gasteiger partial charge in [0.25, 0.3) is 5.91 Å². The zero-order valence-corrected chi connectivity index (χ0v) is 13.1. The second kappa shape index (κ2) is 7.85. The number of carbonyl (C=O) groups is 1. The number of amides is 1. The quantitative estimate of drug-likeness (QED) is 0.890. The van der Waals surface area contributed by atoms with Gasteiger partial charge in [0.15, 0.2) is 11.5 Å². The van der Waals surface area contributed by atoms with Gasteiger partial charge in [-0.25, -0.2) is 0 Å². The summed E-state index contributed by atoms with van der Waals surface area (Å²) in [6.07, 6.45) is 0. The summed E-state index contributed by atoms with van der Waals surface area (Å²) in [4.78, 5) is 12.3. The maximum Gasteiger partial charge on any atom is 0.251 e. The topological polar surface area (TPSA) is 71.3 Å². The Kier molecular flexibility index (Phi) is 5.59. The molecule has 0 aliphatic carbocycles. The van der Waals surface area contributed by atoms with Gasteiger partial charge in [-0.05, 0) is 42.8 Å². The number of hydrogen-bond donors (Lipinski definition) is 1. The average Bonchev–Trinajstić information content (AvgIpc) is 2.60. The monoisotopic (exact) mass is 310 g/mol. The number of ether oxygens (including phenoxy) is 2. The highest BCUT2D eigenvalue weighted by atomic mass is 16.5. The Balaban J connectivity index is 2.08. The molecule has 1 N–H and O–H groups in total. The first-order valence-electron chi connectivity index (χ1n) is 7.26. The van der Waals surface area contributed by atoms with Crippen LogP contribution in [0.25, 0.3) is 0 Å². The van der Waals surface area contributed by atoms with E-state index in [0.29, 0.717) is 35.8 Å². The van der Waals surface area contributed by atoms with Crippen LogP contribution in [-0.4, -0.2) is 19.6 Å². The summed E-state index contributed by atoms with van der Waals surface area (Å²) in [6, 6.07) is 14.3. The molecule has 23 heavy (non-hydrogen) atoms. The standard InChI is InChI=1S/C18H18N2O3/c1-3-23-17-10-15(7-8-16(17)22-2)18(21)20-12-14-6-4-5-13(9-14)11-19/h4-10H,3,12H2,1-2H3,(H,20,21). The predicted octanol–water partition coefficient (Wildman–Crippen LogP) is 2.90. The molecule has 0 aliphatic rings. The number of benzene rings is 2. The fourth-order valence-electron chi connectivity index (χ4n) is 2.12. The van der Waals surface area contributed by atoms with E-state index in [2.05, 4.69) is 11.4 Å². The van der Waals surface area contributed by atoms with Gasteiger partial charge in [0.2, 0.25) is 0 Å². The first-order chi connectivity index (χ1) is 11.2. The lowest BCUT2D eigenvalue weighted by molar-refractivity contribution is 0.0950. The third-order valence-electron chi connectivity index (χ3n) is 3.23. The minimum Gasteiger partial charge on any atom is -0.493 e. The van der Waals surface area contributed by atoms with E-state index in [-0.39, 0.29) is 5.91 Å². The first kappa shape index (κ1) is 16.4. The number of methoxy groups -OCH3 is 1. The summed E-state index contributed by atoms with van der Waals surface area (Å²) in [7, 11) is 1.56. The van der Waals surface area contributed by atoms with E-state index in [0.717, 1.165) is 5.56 Å². The zero-order valence-electron chi connectivity index (χ0n) is 13.1. The number of hydrogen-bond acceptors (Lipinski definition) is 4. The summed E-state index contributed by atoms with van der Waals surface area (Å²) < 4.78 is 10.7.